The van der Waals surface area contributed by atoms with Gasteiger partial charge in [0, 0.05) is 32.8 Å². The van der Waals surface area contributed by atoms with Crippen molar-refractivity contribution in [3.63, 3.8) is 0 Å². The summed E-state index contributed by atoms with van der Waals surface area (Å²) >= 11 is 11.1. The van der Waals surface area contributed by atoms with E-state index in [1.165, 1.54) is 4.88 Å². The largest absolute Gasteiger partial charge is 0.492 e. The van der Waals surface area contributed by atoms with Crippen LogP contribution in [0.25, 0.3) is 0 Å². The van der Waals surface area contributed by atoms with Gasteiger partial charge in [0.15, 0.2) is 0 Å². The predicted octanol–water partition coefficient (Wildman–Crippen LogP) is 4.64. The van der Waals surface area contributed by atoms with E-state index in [9.17, 15) is 0 Å². The highest BCUT2D eigenvalue weighted by molar-refractivity contribution is 9.10. The first kappa shape index (κ1) is 14.9. The van der Waals surface area contributed by atoms with Crippen LogP contribution in [0.4, 0.5) is 0 Å². The molecule has 0 radical (unpaired) electrons. The lowest BCUT2D eigenvalue weighted by atomic mass is 10.2. The zero-order valence-corrected chi connectivity index (χ0v) is 13.7. The second kappa shape index (κ2) is 7.29. The molecule has 0 unspecified atom stereocenters. The van der Waals surface area contributed by atoms with Crippen molar-refractivity contribution < 1.29 is 4.74 Å². The Morgan fingerprint density at radius 2 is 2.21 bits per heavy atom. The van der Waals surface area contributed by atoms with Gasteiger partial charge in [-0.05, 0) is 46.6 Å². The summed E-state index contributed by atoms with van der Waals surface area (Å²) in [5.74, 6) is 0.855. The Bertz CT molecular complexity index is 544. The molecular formula is C14H15BrClNOS. The molecule has 0 aliphatic heterocycles. The van der Waals surface area contributed by atoms with Gasteiger partial charge in [0.05, 0.1) is 0 Å². The quantitative estimate of drug-likeness (QED) is 0.758. The van der Waals surface area contributed by atoms with E-state index >= 15 is 0 Å². The lowest BCUT2D eigenvalue weighted by Gasteiger charge is -2.09. The first-order valence-corrected chi connectivity index (χ1v) is 8.03. The zero-order chi connectivity index (χ0) is 13.7. The Hall–Kier alpha value is -0.550. The molecule has 0 atom stereocenters. The zero-order valence-electron chi connectivity index (χ0n) is 10.6. The first-order valence-electron chi connectivity index (χ1n) is 5.98. The summed E-state index contributed by atoms with van der Waals surface area (Å²) in [4.78, 5) is 1.31. The van der Waals surface area contributed by atoms with Gasteiger partial charge < -0.3 is 10.1 Å². The Balaban J connectivity index is 1.70. The number of ether oxygens (including phenoxy) is 1. The smallest absolute Gasteiger partial charge is 0.123 e. The highest BCUT2D eigenvalue weighted by atomic mass is 79.9. The Labute approximate surface area is 130 Å². The van der Waals surface area contributed by atoms with Gasteiger partial charge in [-0.25, -0.2) is 0 Å². The molecule has 19 heavy (non-hydrogen) atoms. The first-order chi connectivity index (χ1) is 9.15. The van der Waals surface area contributed by atoms with E-state index in [1.807, 2.05) is 25.1 Å². The maximum atomic E-state index is 5.94. The Morgan fingerprint density at radius 3 is 2.95 bits per heavy atom. The SMILES string of the molecule is Cc1ccc(Cl)cc1OCCNCc1cc(Br)cs1. The number of aryl methyl sites for hydroxylation is 1. The van der Waals surface area contributed by atoms with Gasteiger partial charge in [-0.3, -0.25) is 0 Å². The second-order valence-electron chi connectivity index (χ2n) is 4.17. The van der Waals surface area contributed by atoms with Gasteiger partial charge in [-0.1, -0.05) is 17.7 Å². The van der Waals surface area contributed by atoms with E-state index in [1.54, 1.807) is 11.3 Å². The summed E-state index contributed by atoms with van der Waals surface area (Å²) in [5, 5.41) is 6.14. The Morgan fingerprint density at radius 1 is 1.37 bits per heavy atom. The molecule has 0 aliphatic rings. The van der Waals surface area contributed by atoms with Crippen molar-refractivity contribution in [3.8, 4) is 5.75 Å². The minimum Gasteiger partial charge on any atom is -0.492 e. The van der Waals surface area contributed by atoms with Crippen molar-refractivity contribution in [2.45, 2.75) is 13.5 Å². The van der Waals surface area contributed by atoms with Gasteiger partial charge in [-0.2, -0.15) is 0 Å². The molecule has 2 nitrogen and oxygen atoms in total. The van der Waals surface area contributed by atoms with Gasteiger partial charge in [-0.15, -0.1) is 11.3 Å². The molecule has 0 aliphatic carbocycles. The number of halogens is 2. The van der Waals surface area contributed by atoms with Crippen LogP contribution in [0.5, 0.6) is 5.75 Å². The lowest BCUT2D eigenvalue weighted by Crippen LogP contribution is -2.20. The maximum Gasteiger partial charge on any atom is 0.123 e. The average molecular weight is 361 g/mol. The summed E-state index contributed by atoms with van der Waals surface area (Å²) in [6, 6.07) is 7.82. The molecule has 2 rings (SSSR count). The summed E-state index contributed by atoms with van der Waals surface area (Å²) < 4.78 is 6.85. The summed E-state index contributed by atoms with van der Waals surface area (Å²) in [6.07, 6.45) is 0. The number of thiophene rings is 1. The van der Waals surface area contributed by atoms with Crippen LogP contribution in [0.3, 0.4) is 0 Å². The van der Waals surface area contributed by atoms with Crippen molar-refractivity contribution in [1.29, 1.82) is 0 Å². The summed E-state index contributed by atoms with van der Waals surface area (Å²) in [5.41, 5.74) is 1.10. The van der Waals surface area contributed by atoms with Crippen LogP contribution in [0.2, 0.25) is 5.02 Å². The van der Waals surface area contributed by atoms with Crippen LogP contribution in [-0.2, 0) is 6.54 Å². The number of hydrogen-bond donors (Lipinski definition) is 1. The molecule has 2 aromatic rings. The molecule has 0 fully saturated rings. The van der Waals surface area contributed by atoms with Crippen LogP contribution in [-0.4, -0.2) is 13.2 Å². The van der Waals surface area contributed by atoms with E-state index in [-0.39, 0.29) is 0 Å². The fourth-order valence-electron chi connectivity index (χ4n) is 1.62. The molecular weight excluding hydrogens is 346 g/mol. The van der Waals surface area contributed by atoms with Crippen LogP contribution in [0.15, 0.2) is 34.1 Å². The number of benzene rings is 1. The normalized spacial score (nSPS) is 10.7. The summed E-state index contributed by atoms with van der Waals surface area (Å²) in [7, 11) is 0. The van der Waals surface area contributed by atoms with Crippen LogP contribution >= 0.6 is 38.9 Å². The summed E-state index contributed by atoms with van der Waals surface area (Å²) in [6.45, 7) is 4.33. The molecule has 0 bridgehead atoms. The van der Waals surface area contributed by atoms with E-state index in [0.29, 0.717) is 11.6 Å². The van der Waals surface area contributed by atoms with E-state index < -0.39 is 0 Å². The highest BCUT2D eigenvalue weighted by Gasteiger charge is 2.01. The van der Waals surface area contributed by atoms with Crippen LogP contribution in [0, 0.1) is 6.92 Å². The molecule has 1 N–H and O–H groups in total. The fourth-order valence-corrected chi connectivity index (χ4v) is 3.20. The monoisotopic (exact) mass is 359 g/mol. The molecule has 1 aromatic carbocycles. The van der Waals surface area contributed by atoms with Crippen LogP contribution < -0.4 is 10.1 Å². The molecule has 102 valence electrons. The van der Waals surface area contributed by atoms with Crippen molar-refractivity contribution in [2.75, 3.05) is 13.2 Å². The standard InChI is InChI=1S/C14H15BrClNOS/c1-10-2-3-12(16)7-14(10)18-5-4-17-8-13-6-11(15)9-19-13/h2-3,6-7,9,17H,4-5,8H2,1H3. The van der Waals surface area contributed by atoms with Gasteiger partial charge in [0.1, 0.15) is 12.4 Å². The average Bonchev–Trinajstić information content (AvgIpc) is 2.79. The molecule has 0 saturated heterocycles. The molecule has 0 amide bonds. The number of hydrogen-bond acceptors (Lipinski definition) is 3. The van der Waals surface area contributed by atoms with E-state index in [0.717, 1.165) is 28.9 Å². The van der Waals surface area contributed by atoms with Gasteiger partial charge >= 0.3 is 0 Å². The minimum absolute atomic E-state index is 0.633. The van der Waals surface area contributed by atoms with Crippen molar-refractivity contribution in [3.05, 3.63) is 49.6 Å². The minimum atomic E-state index is 0.633. The third-order valence-electron chi connectivity index (χ3n) is 2.61. The highest BCUT2D eigenvalue weighted by Crippen LogP contribution is 2.22. The van der Waals surface area contributed by atoms with E-state index in [2.05, 4.69) is 32.7 Å². The molecule has 1 aromatic heterocycles. The van der Waals surface area contributed by atoms with Crippen molar-refractivity contribution in [2.24, 2.45) is 0 Å². The van der Waals surface area contributed by atoms with Crippen molar-refractivity contribution in [1.82, 2.24) is 5.32 Å². The lowest BCUT2D eigenvalue weighted by molar-refractivity contribution is 0.312. The van der Waals surface area contributed by atoms with Crippen LogP contribution in [0.1, 0.15) is 10.4 Å². The molecule has 0 spiro atoms. The topological polar surface area (TPSA) is 21.3 Å². The third kappa shape index (κ3) is 4.80. The molecule has 0 saturated carbocycles. The molecule has 1 heterocycles. The fraction of sp³-hybridized carbons (Fsp3) is 0.286. The van der Waals surface area contributed by atoms with E-state index in [4.69, 9.17) is 16.3 Å². The number of rotatable bonds is 6. The number of nitrogens with one attached hydrogen (secondary N) is 1. The second-order valence-corrected chi connectivity index (χ2v) is 6.51. The molecule has 5 heteroatoms. The van der Waals surface area contributed by atoms with Crippen molar-refractivity contribution >= 4 is 38.9 Å². The maximum absolute atomic E-state index is 5.94. The Kier molecular flexibility index (Phi) is 5.70. The van der Waals surface area contributed by atoms with Gasteiger partial charge in [0.2, 0.25) is 0 Å². The third-order valence-corrected chi connectivity index (χ3v) is 4.54. The van der Waals surface area contributed by atoms with Gasteiger partial charge in [0.25, 0.3) is 0 Å². The predicted molar refractivity (Wildman–Crippen MR) is 85.4 cm³/mol.